The fourth-order valence-electron chi connectivity index (χ4n) is 2.93. The molecule has 0 saturated carbocycles. The van der Waals surface area contributed by atoms with Crippen molar-refractivity contribution in [2.75, 3.05) is 11.9 Å². The SMILES string of the molecule is Cc1ccc(-n2nccn2)c(C(=O)N[C@H](C)CCNc2ccc(C=O)c(C)n2)c1. The lowest BCUT2D eigenvalue weighted by molar-refractivity contribution is 0.0938. The number of benzene rings is 1. The van der Waals surface area contributed by atoms with Crippen LogP contribution >= 0.6 is 0 Å². The van der Waals surface area contributed by atoms with Crippen molar-refractivity contribution in [1.82, 2.24) is 25.3 Å². The largest absolute Gasteiger partial charge is 0.370 e. The van der Waals surface area contributed by atoms with Crippen molar-refractivity contribution in [3.63, 3.8) is 0 Å². The number of carbonyl (C=O) groups excluding carboxylic acids is 2. The number of aryl methyl sites for hydroxylation is 2. The smallest absolute Gasteiger partial charge is 0.253 e. The molecule has 1 atom stereocenters. The van der Waals surface area contributed by atoms with Gasteiger partial charge in [-0.25, -0.2) is 4.98 Å². The molecule has 0 saturated heterocycles. The number of hydrogen-bond donors (Lipinski definition) is 2. The second-order valence-electron chi connectivity index (χ2n) is 6.92. The summed E-state index contributed by atoms with van der Waals surface area (Å²) < 4.78 is 0. The minimum absolute atomic E-state index is 0.0516. The molecule has 1 amide bonds. The van der Waals surface area contributed by atoms with Gasteiger partial charge in [0.25, 0.3) is 5.91 Å². The molecule has 2 N–H and O–H groups in total. The van der Waals surface area contributed by atoms with E-state index in [2.05, 4.69) is 25.8 Å². The maximum Gasteiger partial charge on any atom is 0.253 e. The highest BCUT2D eigenvalue weighted by atomic mass is 16.1. The van der Waals surface area contributed by atoms with Crippen LogP contribution in [0.15, 0.2) is 42.7 Å². The van der Waals surface area contributed by atoms with Gasteiger partial charge in [0.2, 0.25) is 0 Å². The minimum atomic E-state index is -0.169. The normalized spacial score (nSPS) is 11.7. The highest BCUT2D eigenvalue weighted by Crippen LogP contribution is 2.15. The van der Waals surface area contributed by atoms with Crippen LogP contribution in [0, 0.1) is 13.8 Å². The van der Waals surface area contributed by atoms with Gasteiger partial charge < -0.3 is 10.6 Å². The summed E-state index contributed by atoms with van der Waals surface area (Å²) in [7, 11) is 0. The predicted octanol–water partition coefficient (Wildman–Crippen LogP) is 2.71. The van der Waals surface area contributed by atoms with Crippen LogP contribution in [0.2, 0.25) is 0 Å². The van der Waals surface area contributed by atoms with E-state index in [-0.39, 0.29) is 11.9 Å². The quantitative estimate of drug-likeness (QED) is 0.572. The maximum absolute atomic E-state index is 12.8. The summed E-state index contributed by atoms with van der Waals surface area (Å²) in [5.74, 6) is 0.537. The lowest BCUT2D eigenvalue weighted by Crippen LogP contribution is -2.34. The van der Waals surface area contributed by atoms with Gasteiger partial charge in [-0.15, -0.1) is 0 Å². The third-order valence-corrected chi connectivity index (χ3v) is 4.55. The predicted molar refractivity (Wildman–Crippen MR) is 110 cm³/mol. The second-order valence-corrected chi connectivity index (χ2v) is 6.92. The van der Waals surface area contributed by atoms with Gasteiger partial charge in [-0.1, -0.05) is 11.6 Å². The lowest BCUT2D eigenvalue weighted by atomic mass is 10.1. The Morgan fingerprint density at radius 1 is 1.17 bits per heavy atom. The van der Waals surface area contributed by atoms with E-state index in [1.54, 1.807) is 31.5 Å². The highest BCUT2D eigenvalue weighted by molar-refractivity contribution is 5.98. The summed E-state index contributed by atoms with van der Waals surface area (Å²) in [5.41, 5.74) is 3.42. The number of nitrogens with one attached hydrogen (secondary N) is 2. The average molecular weight is 392 g/mol. The number of nitrogens with zero attached hydrogens (tertiary/aromatic N) is 4. The summed E-state index contributed by atoms with van der Waals surface area (Å²) in [5, 5.41) is 14.5. The van der Waals surface area contributed by atoms with Crippen molar-refractivity contribution < 1.29 is 9.59 Å². The molecule has 2 aromatic heterocycles. The van der Waals surface area contributed by atoms with Crippen molar-refractivity contribution in [1.29, 1.82) is 0 Å². The van der Waals surface area contributed by atoms with Gasteiger partial charge in [-0.2, -0.15) is 15.0 Å². The zero-order valence-corrected chi connectivity index (χ0v) is 16.7. The Balaban J connectivity index is 1.59. The molecule has 150 valence electrons. The van der Waals surface area contributed by atoms with Crippen molar-refractivity contribution in [3.05, 3.63) is 65.1 Å². The van der Waals surface area contributed by atoms with E-state index in [4.69, 9.17) is 0 Å². The summed E-state index contributed by atoms with van der Waals surface area (Å²) in [6, 6.07) is 9.06. The van der Waals surface area contributed by atoms with E-state index in [1.165, 1.54) is 4.80 Å². The van der Waals surface area contributed by atoms with Gasteiger partial charge in [0.15, 0.2) is 6.29 Å². The molecule has 2 heterocycles. The fourth-order valence-corrected chi connectivity index (χ4v) is 2.93. The first-order chi connectivity index (χ1) is 14.0. The van der Waals surface area contributed by atoms with Crippen LogP contribution in [0.25, 0.3) is 5.69 Å². The molecule has 0 unspecified atom stereocenters. The first-order valence-electron chi connectivity index (χ1n) is 9.43. The van der Waals surface area contributed by atoms with Gasteiger partial charge in [-0.3, -0.25) is 9.59 Å². The molecule has 3 aromatic rings. The summed E-state index contributed by atoms with van der Waals surface area (Å²) in [6.45, 7) is 6.33. The first kappa shape index (κ1) is 20.2. The topological polar surface area (TPSA) is 102 Å². The monoisotopic (exact) mass is 392 g/mol. The number of amides is 1. The van der Waals surface area contributed by atoms with Gasteiger partial charge >= 0.3 is 0 Å². The summed E-state index contributed by atoms with van der Waals surface area (Å²) >= 11 is 0. The average Bonchev–Trinajstić information content (AvgIpc) is 3.22. The Bertz CT molecular complexity index is 1000. The van der Waals surface area contributed by atoms with E-state index in [9.17, 15) is 9.59 Å². The Morgan fingerprint density at radius 2 is 1.93 bits per heavy atom. The lowest BCUT2D eigenvalue weighted by Gasteiger charge is -2.16. The first-order valence-corrected chi connectivity index (χ1v) is 9.43. The van der Waals surface area contributed by atoms with E-state index >= 15 is 0 Å². The molecule has 1 aromatic carbocycles. The molecule has 0 radical (unpaired) electrons. The van der Waals surface area contributed by atoms with Gasteiger partial charge in [0.05, 0.1) is 29.3 Å². The molecule has 0 aliphatic carbocycles. The number of rotatable bonds is 8. The van der Waals surface area contributed by atoms with Crippen molar-refractivity contribution in [3.8, 4) is 5.69 Å². The Morgan fingerprint density at radius 3 is 2.62 bits per heavy atom. The molecule has 0 aliphatic heterocycles. The Hall–Kier alpha value is -3.55. The number of carbonyl (C=O) groups is 2. The minimum Gasteiger partial charge on any atom is -0.370 e. The molecule has 29 heavy (non-hydrogen) atoms. The summed E-state index contributed by atoms with van der Waals surface area (Å²) in [6.07, 6.45) is 4.66. The van der Waals surface area contributed by atoms with Crippen molar-refractivity contribution in [2.24, 2.45) is 0 Å². The third kappa shape index (κ3) is 5.04. The van der Waals surface area contributed by atoms with Gasteiger partial charge in [0, 0.05) is 18.2 Å². The van der Waals surface area contributed by atoms with Crippen LogP contribution in [-0.4, -0.2) is 44.8 Å². The van der Waals surface area contributed by atoms with Gasteiger partial charge in [-0.05, 0) is 51.5 Å². The van der Waals surface area contributed by atoms with Crippen LogP contribution in [-0.2, 0) is 0 Å². The number of anilines is 1. The molecular formula is C21H24N6O2. The van der Waals surface area contributed by atoms with Crippen molar-refractivity contribution >= 4 is 18.0 Å². The van der Waals surface area contributed by atoms with E-state index < -0.39 is 0 Å². The fraction of sp³-hybridized carbons (Fsp3) is 0.286. The molecule has 0 bridgehead atoms. The molecule has 8 nitrogen and oxygen atoms in total. The third-order valence-electron chi connectivity index (χ3n) is 4.55. The van der Waals surface area contributed by atoms with Crippen LogP contribution in [0.5, 0.6) is 0 Å². The van der Waals surface area contributed by atoms with Crippen LogP contribution in [0.4, 0.5) is 5.82 Å². The number of pyridine rings is 1. The van der Waals surface area contributed by atoms with E-state index in [0.29, 0.717) is 41.3 Å². The number of aldehydes is 1. The maximum atomic E-state index is 12.8. The number of hydrogen-bond acceptors (Lipinski definition) is 6. The Labute approximate surface area is 169 Å². The molecule has 3 rings (SSSR count). The zero-order valence-electron chi connectivity index (χ0n) is 16.7. The summed E-state index contributed by atoms with van der Waals surface area (Å²) in [4.78, 5) is 29.5. The standard InChI is InChI=1S/C21H24N6O2/c1-14-4-6-19(27-23-10-11-24-27)18(12-14)21(29)25-15(2)8-9-22-20-7-5-17(13-28)16(3)26-20/h4-7,10-13,15H,8-9H2,1-3H3,(H,22,26)(H,25,29)/t15-/m1/s1. The molecule has 0 aliphatic rings. The Kier molecular flexibility index (Phi) is 6.33. The van der Waals surface area contributed by atoms with Crippen LogP contribution in [0.3, 0.4) is 0 Å². The molecule has 0 fully saturated rings. The van der Waals surface area contributed by atoms with Crippen LogP contribution in [0.1, 0.15) is 45.3 Å². The van der Waals surface area contributed by atoms with Crippen molar-refractivity contribution in [2.45, 2.75) is 33.2 Å². The molecular weight excluding hydrogens is 368 g/mol. The van der Waals surface area contributed by atoms with Gasteiger partial charge in [0.1, 0.15) is 5.82 Å². The van der Waals surface area contributed by atoms with E-state index in [1.807, 2.05) is 32.0 Å². The second kappa shape index (κ2) is 9.09. The molecule has 8 heteroatoms. The highest BCUT2D eigenvalue weighted by Gasteiger charge is 2.16. The van der Waals surface area contributed by atoms with Crippen LogP contribution < -0.4 is 10.6 Å². The molecule has 0 spiro atoms. The zero-order chi connectivity index (χ0) is 20.8. The number of aromatic nitrogens is 4. The van der Waals surface area contributed by atoms with E-state index in [0.717, 1.165) is 11.8 Å².